The smallest absolute Gasteiger partial charge is 0.123 e. The van der Waals surface area contributed by atoms with E-state index < -0.39 is 0 Å². The summed E-state index contributed by atoms with van der Waals surface area (Å²) in [5.41, 5.74) is 6.51. The summed E-state index contributed by atoms with van der Waals surface area (Å²) < 4.78 is 12.8. The van der Waals surface area contributed by atoms with Crippen LogP contribution in [0.4, 0.5) is 4.39 Å². The van der Waals surface area contributed by atoms with Gasteiger partial charge in [-0.15, -0.1) is 0 Å². The Labute approximate surface area is 76.0 Å². The van der Waals surface area contributed by atoms with E-state index in [2.05, 4.69) is 0 Å². The fourth-order valence-corrected chi connectivity index (χ4v) is 1.39. The summed E-state index contributed by atoms with van der Waals surface area (Å²) in [6.07, 6.45) is 0. The Morgan fingerprint density at radius 3 is 2.54 bits per heavy atom. The van der Waals surface area contributed by atoms with Crippen LogP contribution in [0.3, 0.4) is 0 Å². The standard InChI is InChI=1S/C11H10FN/c12-11-4-3-9-2-1-8(7-13)5-10(9)6-11/h1-6H,7,13H2. The van der Waals surface area contributed by atoms with Crippen LogP contribution in [0, 0.1) is 5.82 Å². The van der Waals surface area contributed by atoms with Crippen molar-refractivity contribution in [3.05, 3.63) is 47.8 Å². The van der Waals surface area contributed by atoms with Gasteiger partial charge in [0.25, 0.3) is 0 Å². The van der Waals surface area contributed by atoms with E-state index in [0.717, 1.165) is 16.3 Å². The molecule has 0 saturated heterocycles. The molecule has 0 bridgehead atoms. The molecule has 2 aromatic carbocycles. The molecule has 1 nitrogen and oxygen atoms in total. The van der Waals surface area contributed by atoms with Gasteiger partial charge in [-0.25, -0.2) is 4.39 Å². The van der Waals surface area contributed by atoms with Crippen molar-refractivity contribution in [3.63, 3.8) is 0 Å². The maximum absolute atomic E-state index is 12.8. The zero-order valence-corrected chi connectivity index (χ0v) is 7.13. The fraction of sp³-hybridized carbons (Fsp3) is 0.0909. The summed E-state index contributed by atoms with van der Waals surface area (Å²) in [7, 11) is 0. The molecule has 0 heterocycles. The highest BCUT2D eigenvalue weighted by molar-refractivity contribution is 5.83. The van der Waals surface area contributed by atoms with E-state index in [4.69, 9.17) is 5.73 Å². The Morgan fingerprint density at radius 2 is 1.77 bits per heavy atom. The minimum absolute atomic E-state index is 0.207. The molecule has 2 N–H and O–H groups in total. The molecule has 0 fully saturated rings. The van der Waals surface area contributed by atoms with E-state index in [1.165, 1.54) is 12.1 Å². The molecule has 2 rings (SSSR count). The summed E-state index contributed by atoms with van der Waals surface area (Å²) in [6, 6.07) is 10.6. The number of hydrogen-bond donors (Lipinski definition) is 1. The molecule has 66 valence electrons. The molecule has 0 atom stereocenters. The second-order valence-corrected chi connectivity index (χ2v) is 3.03. The highest BCUT2D eigenvalue weighted by atomic mass is 19.1. The lowest BCUT2D eigenvalue weighted by molar-refractivity contribution is 0.630. The van der Waals surface area contributed by atoms with Gasteiger partial charge in [0.15, 0.2) is 0 Å². The van der Waals surface area contributed by atoms with Crippen molar-refractivity contribution < 1.29 is 4.39 Å². The lowest BCUT2D eigenvalue weighted by Crippen LogP contribution is -1.95. The molecule has 2 heteroatoms. The van der Waals surface area contributed by atoms with Crippen LogP contribution in [0.25, 0.3) is 10.8 Å². The van der Waals surface area contributed by atoms with Crippen LogP contribution in [0.2, 0.25) is 0 Å². The van der Waals surface area contributed by atoms with Crippen molar-refractivity contribution in [3.8, 4) is 0 Å². The Balaban J connectivity index is 2.68. The summed E-state index contributed by atoms with van der Waals surface area (Å²) in [5, 5.41) is 1.95. The predicted molar refractivity (Wildman–Crippen MR) is 51.8 cm³/mol. The molecule has 0 aromatic heterocycles. The number of fused-ring (bicyclic) bond motifs is 1. The first-order chi connectivity index (χ1) is 6.29. The lowest BCUT2D eigenvalue weighted by Gasteiger charge is -2.00. The minimum Gasteiger partial charge on any atom is -0.326 e. The van der Waals surface area contributed by atoms with Gasteiger partial charge in [-0.1, -0.05) is 18.2 Å². The second kappa shape index (κ2) is 3.15. The van der Waals surface area contributed by atoms with Gasteiger partial charge < -0.3 is 5.73 Å². The van der Waals surface area contributed by atoms with Gasteiger partial charge in [0.1, 0.15) is 5.82 Å². The van der Waals surface area contributed by atoms with E-state index in [0.29, 0.717) is 6.54 Å². The van der Waals surface area contributed by atoms with Crippen molar-refractivity contribution in [1.82, 2.24) is 0 Å². The summed E-state index contributed by atoms with van der Waals surface area (Å²) in [5.74, 6) is -0.207. The Hall–Kier alpha value is -1.41. The van der Waals surface area contributed by atoms with Gasteiger partial charge >= 0.3 is 0 Å². The second-order valence-electron chi connectivity index (χ2n) is 3.03. The van der Waals surface area contributed by atoms with Crippen LogP contribution in [0.5, 0.6) is 0 Å². The Kier molecular flexibility index (Phi) is 1.99. The first-order valence-electron chi connectivity index (χ1n) is 4.18. The van der Waals surface area contributed by atoms with E-state index in [1.807, 2.05) is 18.2 Å². The molecule has 0 unspecified atom stereocenters. The summed E-state index contributed by atoms with van der Waals surface area (Å²) in [6.45, 7) is 0.493. The summed E-state index contributed by atoms with van der Waals surface area (Å²) in [4.78, 5) is 0. The van der Waals surface area contributed by atoms with Crippen LogP contribution in [-0.4, -0.2) is 0 Å². The highest BCUT2D eigenvalue weighted by Gasteiger charge is 1.96. The van der Waals surface area contributed by atoms with E-state index in [1.54, 1.807) is 6.07 Å². The number of rotatable bonds is 1. The monoisotopic (exact) mass is 175 g/mol. The van der Waals surface area contributed by atoms with Crippen LogP contribution < -0.4 is 5.73 Å². The third kappa shape index (κ3) is 1.53. The molecule has 0 spiro atoms. The molecule has 0 radical (unpaired) electrons. The largest absolute Gasteiger partial charge is 0.326 e. The molecule has 13 heavy (non-hydrogen) atoms. The van der Waals surface area contributed by atoms with Gasteiger partial charge in [0.05, 0.1) is 0 Å². The van der Waals surface area contributed by atoms with Crippen molar-refractivity contribution in [2.45, 2.75) is 6.54 Å². The van der Waals surface area contributed by atoms with Crippen LogP contribution in [-0.2, 0) is 6.54 Å². The topological polar surface area (TPSA) is 26.0 Å². The average molecular weight is 175 g/mol. The predicted octanol–water partition coefficient (Wildman–Crippen LogP) is 2.44. The molecule has 2 aromatic rings. The lowest BCUT2D eigenvalue weighted by atomic mass is 10.1. The Morgan fingerprint density at radius 1 is 1.00 bits per heavy atom. The van der Waals surface area contributed by atoms with Gasteiger partial charge in [-0.05, 0) is 34.5 Å². The molecule has 0 aliphatic carbocycles. The van der Waals surface area contributed by atoms with Crippen LogP contribution in [0.1, 0.15) is 5.56 Å². The van der Waals surface area contributed by atoms with Crippen molar-refractivity contribution >= 4 is 10.8 Å². The molecule has 0 aliphatic heterocycles. The van der Waals surface area contributed by atoms with Crippen molar-refractivity contribution in [2.75, 3.05) is 0 Å². The molecular weight excluding hydrogens is 165 g/mol. The number of benzene rings is 2. The number of hydrogen-bond acceptors (Lipinski definition) is 1. The minimum atomic E-state index is -0.207. The number of halogens is 1. The van der Waals surface area contributed by atoms with Crippen molar-refractivity contribution in [1.29, 1.82) is 0 Å². The molecule has 0 amide bonds. The quantitative estimate of drug-likeness (QED) is 0.707. The third-order valence-electron chi connectivity index (χ3n) is 2.10. The van der Waals surface area contributed by atoms with Crippen molar-refractivity contribution in [2.24, 2.45) is 5.73 Å². The molecular formula is C11H10FN. The van der Waals surface area contributed by atoms with Gasteiger partial charge in [0, 0.05) is 6.54 Å². The van der Waals surface area contributed by atoms with Crippen LogP contribution >= 0.6 is 0 Å². The summed E-state index contributed by atoms with van der Waals surface area (Å²) >= 11 is 0. The zero-order valence-electron chi connectivity index (χ0n) is 7.13. The highest BCUT2D eigenvalue weighted by Crippen LogP contribution is 2.16. The van der Waals surface area contributed by atoms with Crippen LogP contribution in [0.15, 0.2) is 36.4 Å². The average Bonchev–Trinajstić information content (AvgIpc) is 2.16. The van der Waals surface area contributed by atoms with E-state index in [-0.39, 0.29) is 5.82 Å². The fourth-order valence-electron chi connectivity index (χ4n) is 1.39. The Bertz CT molecular complexity index is 437. The van der Waals surface area contributed by atoms with E-state index in [9.17, 15) is 4.39 Å². The zero-order chi connectivity index (χ0) is 9.26. The first-order valence-corrected chi connectivity index (χ1v) is 4.18. The first kappa shape index (κ1) is 8.20. The third-order valence-corrected chi connectivity index (χ3v) is 2.10. The molecule has 0 saturated carbocycles. The normalized spacial score (nSPS) is 10.6. The van der Waals surface area contributed by atoms with Gasteiger partial charge in [-0.2, -0.15) is 0 Å². The van der Waals surface area contributed by atoms with Gasteiger partial charge in [-0.3, -0.25) is 0 Å². The SMILES string of the molecule is NCc1ccc2ccc(F)cc2c1. The van der Waals surface area contributed by atoms with Gasteiger partial charge in [0.2, 0.25) is 0 Å². The maximum Gasteiger partial charge on any atom is 0.123 e. The molecule has 0 aliphatic rings. The van der Waals surface area contributed by atoms with E-state index >= 15 is 0 Å². The number of nitrogens with two attached hydrogens (primary N) is 1. The maximum atomic E-state index is 12.8.